The van der Waals surface area contributed by atoms with Crippen LogP contribution in [-0.2, 0) is 25.6 Å². The minimum Gasteiger partial charge on any atom is -0.387 e. The fraction of sp³-hybridized carbons (Fsp3) is 0.625. The van der Waals surface area contributed by atoms with E-state index in [2.05, 4.69) is 10.0 Å². The summed E-state index contributed by atoms with van der Waals surface area (Å²) in [5.74, 6) is -2.11. The second-order valence-corrected chi connectivity index (χ2v) is 6.39. The maximum absolute atomic E-state index is 10.4. The van der Waals surface area contributed by atoms with Gasteiger partial charge in [0.1, 0.15) is 18.8 Å². The monoisotopic (exact) mass is 335 g/mol. The number of hydrogen-bond acceptors (Lipinski definition) is 6. The van der Waals surface area contributed by atoms with Crippen LogP contribution in [0.2, 0.25) is 0 Å². The summed E-state index contributed by atoms with van der Waals surface area (Å²) in [5.41, 5.74) is 9.49. The van der Waals surface area contributed by atoms with E-state index >= 15 is 0 Å². The van der Waals surface area contributed by atoms with Gasteiger partial charge < -0.3 is 24.1 Å². The van der Waals surface area contributed by atoms with Crippen molar-refractivity contribution in [3.05, 3.63) is 46.3 Å². The van der Waals surface area contributed by atoms with E-state index in [0.717, 1.165) is 5.56 Å². The Morgan fingerprint density at radius 3 is 2.75 bits per heavy atom. The van der Waals surface area contributed by atoms with Gasteiger partial charge in [-0.1, -0.05) is 35.4 Å². The molecule has 0 bridgehead atoms. The minimum absolute atomic E-state index is 0.00174. The molecule has 0 unspecified atom stereocenters. The molecule has 8 nitrogen and oxygen atoms in total. The first kappa shape index (κ1) is 17.2. The third-order valence-electron chi connectivity index (χ3n) is 4.04. The van der Waals surface area contributed by atoms with Crippen molar-refractivity contribution in [1.29, 1.82) is 0 Å². The summed E-state index contributed by atoms with van der Waals surface area (Å²) in [5, 5.41) is 13.9. The number of benzene rings is 1. The standard InChI is InChI=1S/C16H21N3O5/c1-15(2)23-14-13(20)12(8-18-19-17)22-16(14,24-15)10-21-9-11-6-4-3-5-7-11/h3-7,12-14,20H,8-10H2,1-2H3/t12-,13+,14-,16-/m0/s1. The van der Waals surface area contributed by atoms with Crippen LogP contribution in [0.5, 0.6) is 0 Å². The fourth-order valence-corrected chi connectivity index (χ4v) is 3.13. The average molecular weight is 335 g/mol. The van der Waals surface area contributed by atoms with E-state index in [0.29, 0.717) is 6.61 Å². The first-order chi connectivity index (χ1) is 11.5. The number of rotatable bonds is 6. The third kappa shape index (κ3) is 3.39. The first-order valence-corrected chi connectivity index (χ1v) is 7.82. The van der Waals surface area contributed by atoms with E-state index in [-0.39, 0.29) is 13.2 Å². The zero-order chi connectivity index (χ0) is 17.2. The second-order valence-electron chi connectivity index (χ2n) is 6.39. The molecule has 0 radical (unpaired) electrons. The number of aliphatic hydroxyl groups excluding tert-OH is 1. The molecule has 2 fully saturated rings. The lowest BCUT2D eigenvalue weighted by Gasteiger charge is -2.28. The number of ether oxygens (including phenoxy) is 4. The van der Waals surface area contributed by atoms with Gasteiger partial charge in [0.05, 0.1) is 19.3 Å². The molecule has 2 saturated heterocycles. The van der Waals surface area contributed by atoms with Gasteiger partial charge in [-0.15, -0.1) is 0 Å². The highest BCUT2D eigenvalue weighted by Gasteiger charge is 2.64. The molecular weight excluding hydrogens is 314 g/mol. The van der Waals surface area contributed by atoms with Crippen LogP contribution >= 0.6 is 0 Å². The minimum atomic E-state index is -1.21. The maximum atomic E-state index is 10.4. The van der Waals surface area contributed by atoms with Gasteiger partial charge in [-0.2, -0.15) is 0 Å². The predicted molar refractivity (Wildman–Crippen MR) is 83.8 cm³/mol. The Morgan fingerprint density at radius 1 is 1.29 bits per heavy atom. The lowest BCUT2D eigenvalue weighted by molar-refractivity contribution is -0.277. The zero-order valence-electron chi connectivity index (χ0n) is 13.7. The van der Waals surface area contributed by atoms with E-state index in [1.54, 1.807) is 13.8 Å². The van der Waals surface area contributed by atoms with Crippen molar-refractivity contribution in [2.24, 2.45) is 5.11 Å². The van der Waals surface area contributed by atoms with Crippen LogP contribution in [0.3, 0.4) is 0 Å². The van der Waals surface area contributed by atoms with Crippen LogP contribution in [-0.4, -0.2) is 48.1 Å². The van der Waals surface area contributed by atoms with E-state index < -0.39 is 29.9 Å². The lowest BCUT2D eigenvalue weighted by atomic mass is 10.1. The van der Waals surface area contributed by atoms with Crippen LogP contribution in [0.1, 0.15) is 19.4 Å². The van der Waals surface area contributed by atoms with Gasteiger partial charge >= 0.3 is 0 Å². The summed E-state index contributed by atoms with van der Waals surface area (Å²) in [6.07, 6.45) is -2.36. The smallest absolute Gasteiger partial charge is 0.224 e. The molecule has 2 aliphatic rings. The van der Waals surface area contributed by atoms with Crippen LogP contribution in [0, 0.1) is 0 Å². The maximum Gasteiger partial charge on any atom is 0.224 e. The molecule has 1 N–H and O–H groups in total. The first-order valence-electron chi connectivity index (χ1n) is 7.82. The van der Waals surface area contributed by atoms with Gasteiger partial charge in [0.25, 0.3) is 0 Å². The van der Waals surface area contributed by atoms with Crippen LogP contribution in [0.4, 0.5) is 0 Å². The Morgan fingerprint density at radius 2 is 2.04 bits per heavy atom. The molecule has 0 saturated carbocycles. The van der Waals surface area contributed by atoms with Gasteiger partial charge in [0.15, 0.2) is 5.79 Å². The van der Waals surface area contributed by atoms with Gasteiger partial charge in [0.2, 0.25) is 5.79 Å². The second kappa shape index (κ2) is 6.68. The fourth-order valence-electron chi connectivity index (χ4n) is 3.13. The highest BCUT2D eigenvalue weighted by molar-refractivity contribution is 5.13. The number of hydrogen-bond donors (Lipinski definition) is 1. The molecule has 2 aliphatic heterocycles. The predicted octanol–water partition coefficient (Wildman–Crippen LogP) is 2.12. The van der Waals surface area contributed by atoms with E-state index in [9.17, 15) is 5.11 Å². The zero-order valence-corrected chi connectivity index (χ0v) is 13.7. The Bertz CT molecular complexity index is 619. The van der Waals surface area contributed by atoms with Crippen LogP contribution in [0.15, 0.2) is 35.4 Å². The molecule has 0 spiro atoms. The molecule has 2 heterocycles. The van der Waals surface area contributed by atoms with Crippen molar-refractivity contribution >= 4 is 0 Å². The summed E-state index contributed by atoms with van der Waals surface area (Å²) in [6.45, 7) is 3.99. The van der Waals surface area contributed by atoms with E-state index in [1.165, 1.54) is 0 Å². The Hall–Kier alpha value is -1.67. The summed E-state index contributed by atoms with van der Waals surface area (Å²) in [6, 6.07) is 9.72. The number of aliphatic hydroxyl groups is 1. The summed E-state index contributed by atoms with van der Waals surface area (Å²) in [4.78, 5) is 2.70. The molecule has 24 heavy (non-hydrogen) atoms. The number of azide groups is 1. The molecule has 1 aromatic rings. The lowest BCUT2D eigenvalue weighted by Crippen LogP contribution is -2.44. The average Bonchev–Trinajstić information content (AvgIpc) is 2.95. The molecule has 8 heteroatoms. The van der Waals surface area contributed by atoms with Gasteiger partial charge in [-0.05, 0) is 24.9 Å². The van der Waals surface area contributed by atoms with Crippen molar-refractivity contribution in [2.45, 2.75) is 50.3 Å². The summed E-state index contributed by atoms with van der Waals surface area (Å²) in [7, 11) is 0. The van der Waals surface area contributed by atoms with Gasteiger partial charge in [-0.25, -0.2) is 0 Å². The normalized spacial score (nSPS) is 33.9. The number of fused-ring (bicyclic) bond motifs is 1. The summed E-state index contributed by atoms with van der Waals surface area (Å²) >= 11 is 0. The van der Waals surface area contributed by atoms with Crippen LogP contribution in [0.25, 0.3) is 10.4 Å². The van der Waals surface area contributed by atoms with E-state index in [4.69, 9.17) is 24.5 Å². The quantitative estimate of drug-likeness (QED) is 0.487. The molecule has 130 valence electrons. The van der Waals surface area contributed by atoms with E-state index in [1.807, 2.05) is 30.3 Å². The summed E-state index contributed by atoms with van der Waals surface area (Å²) < 4.78 is 23.3. The van der Waals surface area contributed by atoms with Crippen molar-refractivity contribution in [3.63, 3.8) is 0 Å². The molecule has 3 rings (SSSR count). The molecule has 0 aromatic heterocycles. The molecule has 1 aromatic carbocycles. The van der Waals surface area contributed by atoms with Crippen molar-refractivity contribution in [1.82, 2.24) is 0 Å². The topological polar surface area (TPSA) is 106 Å². The number of nitrogens with zero attached hydrogens (tertiary/aromatic N) is 3. The van der Waals surface area contributed by atoms with Crippen LogP contribution < -0.4 is 0 Å². The Kier molecular flexibility index (Phi) is 4.78. The highest BCUT2D eigenvalue weighted by atomic mass is 16.9. The van der Waals surface area contributed by atoms with Crippen molar-refractivity contribution in [2.75, 3.05) is 13.2 Å². The largest absolute Gasteiger partial charge is 0.387 e. The Balaban J connectivity index is 1.70. The molecule has 0 aliphatic carbocycles. The highest BCUT2D eigenvalue weighted by Crippen LogP contribution is 2.45. The van der Waals surface area contributed by atoms with Crippen molar-refractivity contribution in [3.8, 4) is 0 Å². The third-order valence-corrected chi connectivity index (χ3v) is 4.04. The molecule has 0 amide bonds. The molecule has 4 atom stereocenters. The van der Waals surface area contributed by atoms with Gasteiger partial charge in [0, 0.05) is 4.91 Å². The van der Waals surface area contributed by atoms with Gasteiger partial charge in [-0.3, -0.25) is 0 Å². The Labute approximate surface area is 139 Å². The van der Waals surface area contributed by atoms with Crippen molar-refractivity contribution < 1.29 is 24.1 Å². The SMILES string of the molecule is CC1(C)O[C@H]2[C@H](O)[C@H](CN=[N+]=[N-])O[C@@]2(COCc2ccccc2)O1. The molecular formula is C16H21N3O5.